The molecule has 1 N–H and O–H groups in total. The molecule has 0 aromatic heterocycles. The van der Waals surface area contributed by atoms with Gasteiger partial charge < -0.3 is 10.1 Å². The van der Waals surface area contributed by atoms with E-state index >= 15 is 0 Å². The molecule has 1 saturated heterocycles. The number of nitrogens with one attached hydrogen (secondary N) is 1. The van der Waals surface area contributed by atoms with Crippen LogP contribution < -0.4 is 5.32 Å². The van der Waals surface area contributed by atoms with Gasteiger partial charge >= 0.3 is 0 Å². The number of ether oxygens (including phenoxy) is 1. The minimum atomic E-state index is -0.271. The Hall–Kier alpha value is 0.1000. The molecule has 2 aliphatic heterocycles. The van der Waals surface area contributed by atoms with Gasteiger partial charge in [0.25, 0.3) is 0 Å². The van der Waals surface area contributed by atoms with E-state index in [1.165, 1.54) is 0 Å². The topological polar surface area (TPSA) is 33.6 Å². The third kappa shape index (κ3) is 1.81. The van der Waals surface area contributed by atoms with Crippen LogP contribution in [-0.2, 0) is 4.74 Å². The van der Waals surface area contributed by atoms with Gasteiger partial charge in [0.15, 0.2) is 5.29 Å². The molecular formula is C7H8Cl2N2OS. The molecule has 2 aliphatic rings. The van der Waals surface area contributed by atoms with Crippen molar-refractivity contribution in [3.8, 4) is 0 Å². The summed E-state index contributed by atoms with van der Waals surface area (Å²) in [7, 11) is 0. The Morgan fingerprint density at radius 3 is 3.08 bits per heavy atom. The lowest BCUT2D eigenvalue weighted by atomic mass is 10.0. The lowest BCUT2D eigenvalue weighted by molar-refractivity contribution is 0.100. The first kappa shape index (κ1) is 9.65. The third-order valence-electron chi connectivity index (χ3n) is 2.03. The maximum atomic E-state index is 5.95. The van der Waals surface area contributed by atoms with Gasteiger partial charge in [-0.3, -0.25) is 0 Å². The second-order valence-electron chi connectivity index (χ2n) is 2.84. The minimum absolute atomic E-state index is 0.0255. The number of hydrogen-bond acceptors (Lipinski definition) is 4. The van der Waals surface area contributed by atoms with Gasteiger partial charge in [-0.1, -0.05) is 11.6 Å². The van der Waals surface area contributed by atoms with E-state index in [1.807, 2.05) is 0 Å². The van der Waals surface area contributed by atoms with Crippen LogP contribution in [0.25, 0.3) is 0 Å². The quantitative estimate of drug-likeness (QED) is 0.498. The van der Waals surface area contributed by atoms with Gasteiger partial charge in [0.05, 0.1) is 12.6 Å². The summed E-state index contributed by atoms with van der Waals surface area (Å²) in [5, 5.41) is 3.57. The van der Waals surface area contributed by atoms with Crippen molar-refractivity contribution in [1.29, 1.82) is 0 Å². The Bertz CT molecular complexity index is 292. The summed E-state index contributed by atoms with van der Waals surface area (Å²) in [6.07, 6.45) is 0.806. The van der Waals surface area contributed by atoms with Gasteiger partial charge in [-0.2, -0.15) is 0 Å². The average molecular weight is 239 g/mol. The van der Waals surface area contributed by atoms with Crippen molar-refractivity contribution in [3.63, 3.8) is 0 Å². The van der Waals surface area contributed by atoms with Crippen LogP contribution in [0.1, 0.15) is 6.42 Å². The van der Waals surface area contributed by atoms with E-state index in [0.717, 1.165) is 12.0 Å². The Balaban J connectivity index is 2.30. The predicted molar refractivity (Wildman–Crippen MR) is 56.4 cm³/mol. The van der Waals surface area contributed by atoms with E-state index in [9.17, 15) is 0 Å². The van der Waals surface area contributed by atoms with Crippen LogP contribution in [0.15, 0.2) is 15.7 Å². The van der Waals surface area contributed by atoms with Crippen LogP contribution in [0.5, 0.6) is 0 Å². The fourth-order valence-corrected chi connectivity index (χ4v) is 2.48. The number of thiol groups is 1. The highest BCUT2D eigenvalue weighted by Crippen LogP contribution is 2.31. The Morgan fingerprint density at radius 1 is 1.54 bits per heavy atom. The van der Waals surface area contributed by atoms with Crippen molar-refractivity contribution < 1.29 is 4.74 Å². The van der Waals surface area contributed by atoms with Crippen LogP contribution in [0, 0.1) is 0 Å². The molecule has 0 amide bonds. The zero-order chi connectivity index (χ0) is 9.42. The van der Waals surface area contributed by atoms with Crippen molar-refractivity contribution in [2.75, 3.05) is 6.61 Å². The number of aliphatic imine (C=N–C) groups is 1. The Morgan fingerprint density at radius 2 is 2.31 bits per heavy atom. The second kappa shape index (κ2) is 3.69. The lowest BCUT2D eigenvalue weighted by Gasteiger charge is -2.31. The number of halogens is 2. The van der Waals surface area contributed by atoms with Crippen molar-refractivity contribution in [3.05, 3.63) is 10.7 Å². The average Bonchev–Trinajstić information content (AvgIpc) is 2.02. The lowest BCUT2D eigenvalue weighted by Crippen LogP contribution is -2.36. The fourth-order valence-electron chi connectivity index (χ4n) is 1.42. The SMILES string of the molecule is S[C@H]1OCC[C@@H]2N=C(Cl)NC(Cl)=C21. The number of rotatable bonds is 0. The van der Waals surface area contributed by atoms with Crippen LogP contribution in [-0.4, -0.2) is 23.4 Å². The summed E-state index contributed by atoms with van der Waals surface area (Å²) < 4.78 is 5.32. The van der Waals surface area contributed by atoms with Gasteiger partial charge in [0.1, 0.15) is 10.6 Å². The molecule has 2 heterocycles. The first-order chi connectivity index (χ1) is 6.18. The number of hydrogen-bond donors (Lipinski definition) is 2. The van der Waals surface area contributed by atoms with Crippen molar-refractivity contribution >= 4 is 41.1 Å². The molecule has 0 aliphatic carbocycles. The van der Waals surface area contributed by atoms with E-state index < -0.39 is 0 Å². The molecule has 13 heavy (non-hydrogen) atoms. The molecule has 0 bridgehead atoms. The van der Waals surface area contributed by atoms with E-state index in [-0.39, 0.29) is 11.5 Å². The largest absolute Gasteiger partial charge is 0.363 e. The van der Waals surface area contributed by atoms with Crippen LogP contribution in [0.3, 0.4) is 0 Å². The van der Waals surface area contributed by atoms with Crippen LogP contribution in [0.4, 0.5) is 0 Å². The number of fused-ring (bicyclic) bond motifs is 1. The van der Waals surface area contributed by atoms with E-state index in [1.54, 1.807) is 0 Å². The van der Waals surface area contributed by atoms with E-state index in [0.29, 0.717) is 17.1 Å². The highest BCUT2D eigenvalue weighted by Gasteiger charge is 2.31. The smallest absolute Gasteiger partial charge is 0.197 e. The number of amidine groups is 1. The summed E-state index contributed by atoms with van der Waals surface area (Å²) >= 11 is 15.9. The fraction of sp³-hybridized carbons (Fsp3) is 0.571. The molecule has 2 rings (SSSR count). The maximum absolute atomic E-state index is 5.95. The van der Waals surface area contributed by atoms with Gasteiger partial charge in [-0.05, 0) is 18.0 Å². The molecule has 2 atom stereocenters. The molecule has 1 fully saturated rings. The molecule has 0 aromatic rings. The van der Waals surface area contributed by atoms with Gasteiger partial charge in [0, 0.05) is 5.57 Å². The van der Waals surface area contributed by atoms with Gasteiger partial charge in [-0.25, -0.2) is 4.99 Å². The molecule has 0 unspecified atom stereocenters. The normalized spacial score (nSPS) is 33.6. The summed E-state index contributed by atoms with van der Waals surface area (Å²) in [6.45, 7) is 0.639. The first-order valence-corrected chi connectivity index (χ1v) is 5.15. The molecule has 0 saturated carbocycles. The third-order valence-corrected chi connectivity index (χ3v) is 2.96. The zero-order valence-corrected chi connectivity index (χ0v) is 9.03. The van der Waals surface area contributed by atoms with Crippen molar-refractivity contribution in [2.45, 2.75) is 17.9 Å². The van der Waals surface area contributed by atoms with Gasteiger partial charge in [0.2, 0.25) is 0 Å². The molecule has 6 heteroatoms. The highest BCUT2D eigenvalue weighted by atomic mass is 35.5. The van der Waals surface area contributed by atoms with Crippen molar-refractivity contribution in [2.24, 2.45) is 4.99 Å². The summed E-state index contributed by atoms with van der Waals surface area (Å²) in [4.78, 5) is 4.20. The molecule has 72 valence electrons. The second-order valence-corrected chi connectivity index (χ2v) is 4.05. The van der Waals surface area contributed by atoms with Crippen molar-refractivity contribution in [1.82, 2.24) is 5.32 Å². The van der Waals surface area contributed by atoms with Gasteiger partial charge in [-0.15, -0.1) is 12.6 Å². The molecule has 0 aromatic carbocycles. The van der Waals surface area contributed by atoms with Crippen LogP contribution in [0.2, 0.25) is 0 Å². The number of nitrogens with zero attached hydrogens (tertiary/aromatic N) is 1. The molecular weight excluding hydrogens is 231 g/mol. The molecule has 3 nitrogen and oxygen atoms in total. The molecule has 0 radical (unpaired) electrons. The Labute approximate surface area is 91.5 Å². The maximum Gasteiger partial charge on any atom is 0.197 e. The Kier molecular flexibility index (Phi) is 2.74. The minimum Gasteiger partial charge on any atom is -0.363 e. The standard InChI is InChI=1S/C7H8Cl2N2OS/c8-5-4-3(10-7(9)11-5)1-2-12-6(4)13/h3,6,13H,1-2H2,(H,10,11)/t3-,6+/m0/s1. The zero-order valence-electron chi connectivity index (χ0n) is 6.63. The summed E-state index contributed by atoms with van der Waals surface area (Å²) in [5.41, 5.74) is 0.605. The van der Waals surface area contributed by atoms with Crippen LogP contribution >= 0.6 is 35.8 Å². The van der Waals surface area contributed by atoms with E-state index in [2.05, 4.69) is 22.9 Å². The molecule has 0 spiro atoms. The summed E-state index contributed by atoms with van der Waals surface area (Å²) in [5.74, 6) is 0. The summed E-state index contributed by atoms with van der Waals surface area (Å²) in [6, 6.07) is 0.0255. The monoisotopic (exact) mass is 238 g/mol. The highest BCUT2D eigenvalue weighted by molar-refractivity contribution is 7.81. The van der Waals surface area contributed by atoms with E-state index in [4.69, 9.17) is 27.9 Å². The predicted octanol–water partition coefficient (Wildman–Crippen LogP) is 1.68. The first-order valence-electron chi connectivity index (χ1n) is 3.88.